The maximum absolute atomic E-state index is 12.9. The van der Waals surface area contributed by atoms with Crippen LogP contribution in [-0.2, 0) is 16.6 Å². The van der Waals surface area contributed by atoms with Gasteiger partial charge >= 0.3 is 0 Å². The summed E-state index contributed by atoms with van der Waals surface area (Å²) in [5.74, 6) is 0.0477. The zero-order valence-electron chi connectivity index (χ0n) is 11.3. The molecule has 0 aliphatic heterocycles. The number of fused-ring (bicyclic) bond motifs is 1. The fraction of sp³-hybridized carbons (Fsp3) is 0.250. The number of imidazole rings is 1. The molecule has 3 aromatic heterocycles. The molecule has 0 atom stereocenters. The smallest absolute Gasteiger partial charge is 0.263 e. The molecule has 0 aliphatic carbocycles. The molecule has 6 nitrogen and oxygen atoms in total. The van der Waals surface area contributed by atoms with Crippen molar-refractivity contribution in [1.82, 2.24) is 13.7 Å². The Morgan fingerprint density at radius 1 is 1.38 bits per heavy atom. The molecule has 0 unspecified atom stereocenters. The second kappa shape index (κ2) is 5.41. The Bertz CT molecular complexity index is 848. The van der Waals surface area contributed by atoms with Crippen LogP contribution in [0.3, 0.4) is 0 Å². The number of sulfonamides is 1. The predicted octanol–water partition coefficient (Wildman–Crippen LogP) is 2.25. The first kappa shape index (κ1) is 14.5. The highest BCUT2D eigenvalue weighted by atomic mass is 32.2. The molecule has 0 spiro atoms. The van der Waals surface area contributed by atoms with Gasteiger partial charge in [0.1, 0.15) is 0 Å². The number of nitrogens with two attached hydrogens (primary N) is 1. The molecule has 0 fully saturated rings. The molecule has 2 N–H and O–H groups in total. The molecule has 3 rings (SSSR count). The first-order valence-electron chi connectivity index (χ1n) is 6.27. The van der Waals surface area contributed by atoms with Crippen molar-refractivity contribution in [2.45, 2.75) is 18.5 Å². The molecular weight excluding hydrogens is 328 g/mol. The number of nitrogen functional groups attached to an aromatic ring is 1. The zero-order valence-corrected chi connectivity index (χ0v) is 13.7. The van der Waals surface area contributed by atoms with Crippen LogP contribution in [0.4, 0.5) is 5.82 Å². The van der Waals surface area contributed by atoms with E-state index < -0.39 is 10.0 Å². The molecule has 112 valence electrons. The van der Waals surface area contributed by atoms with Gasteiger partial charge in [0.2, 0.25) is 0 Å². The number of hydrogen-bond acceptors (Lipinski definition) is 6. The highest BCUT2D eigenvalue weighted by Crippen LogP contribution is 2.27. The lowest BCUT2D eigenvalue weighted by molar-refractivity contribution is 0.424. The van der Waals surface area contributed by atoms with Crippen LogP contribution < -0.4 is 5.73 Å². The van der Waals surface area contributed by atoms with E-state index in [9.17, 15) is 8.42 Å². The highest BCUT2D eigenvalue weighted by Gasteiger charge is 2.30. The monoisotopic (exact) mass is 342 g/mol. The van der Waals surface area contributed by atoms with Gasteiger partial charge in [-0.05, 0) is 11.4 Å². The fourth-order valence-corrected chi connectivity index (χ4v) is 5.28. The quantitative estimate of drug-likeness (QED) is 0.771. The lowest BCUT2D eigenvalue weighted by Crippen LogP contribution is -2.31. The van der Waals surface area contributed by atoms with E-state index >= 15 is 0 Å². The Hall–Kier alpha value is -1.42. The molecule has 0 aliphatic rings. The minimum atomic E-state index is -3.69. The van der Waals surface area contributed by atoms with Gasteiger partial charge in [-0.25, -0.2) is 13.4 Å². The average molecular weight is 342 g/mol. The van der Waals surface area contributed by atoms with Crippen molar-refractivity contribution in [1.29, 1.82) is 0 Å². The third-order valence-electron chi connectivity index (χ3n) is 3.09. The van der Waals surface area contributed by atoms with Crippen molar-refractivity contribution >= 4 is 43.5 Å². The van der Waals surface area contributed by atoms with Crippen LogP contribution in [0.25, 0.3) is 4.96 Å². The van der Waals surface area contributed by atoms with E-state index in [1.807, 2.05) is 24.4 Å². The molecular formula is C12H14N4O2S3. The summed E-state index contributed by atoms with van der Waals surface area (Å²) in [5, 5.41) is 3.77. The van der Waals surface area contributed by atoms with Gasteiger partial charge in [0.05, 0.1) is 0 Å². The topological polar surface area (TPSA) is 80.7 Å². The molecule has 3 aromatic rings. The van der Waals surface area contributed by atoms with E-state index in [4.69, 9.17) is 5.73 Å². The molecule has 0 saturated carbocycles. The zero-order chi connectivity index (χ0) is 15.0. The number of rotatable bonds is 5. The van der Waals surface area contributed by atoms with Gasteiger partial charge in [0, 0.05) is 29.5 Å². The van der Waals surface area contributed by atoms with Gasteiger partial charge in [-0.2, -0.15) is 4.31 Å². The summed E-state index contributed by atoms with van der Waals surface area (Å²) < 4.78 is 28.7. The van der Waals surface area contributed by atoms with E-state index in [-0.39, 0.29) is 10.8 Å². The summed E-state index contributed by atoms with van der Waals surface area (Å²) >= 11 is 2.89. The van der Waals surface area contributed by atoms with Gasteiger partial charge in [0.25, 0.3) is 10.0 Å². The molecule has 0 amide bonds. The van der Waals surface area contributed by atoms with Crippen molar-refractivity contribution in [2.24, 2.45) is 0 Å². The lowest BCUT2D eigenvalue weighted by Gasteiger charge is -2.19. The Balaban J connectivity index is 2.05. The summed E-state index contributed by atoms with van der Waals surface area (Å²) in [5.41, 5.74) is 5.82. The number of nitrogens with zero attached hydrogens (tertiary/aromatic N) is 3. The van der Waals surface area contributed by atoms with Gasteiger partial charge in [0.15, 0.2) is 15.8 Å². The number of aromatic nitrogens is 2. The van der Waals surface area contributed by atoms with Crippen LogP contribution in [0.2, 0.25) is 0 Å². The standard InChI is InChI=1S/C12H14N4O2S3/c1-2-15(8-9-4-3-6-19-9)21(17,18)11-10(13)14-12-16(11)5-7-20-12/h3-7H,2,8,13H2,1H3. The Morgan fingerprint density at radius 3 is 2.86 bits per heavy atom. The molecule has 9 heteroatoms. The van der Waals surface area contributed by atoms with E-state index in [0.717, 1.165) is 4.88 Å². The maximum Gasteiger partial charge on any atom is 0.263 e. The largest absolute Gasteiger partial charge is 0.381 e. The van der Waals surface area contributed by atoms with Crippen LogP contribution in [0.5, 0.6) is 0 Å². The van der Waals surface area contributed by atoms with Crippen LogP contribution in [0.15, 0.2) is 34.1 Å². The molecule has 0 aromatic carbocycles. The predicted molar refractivity (Wildman–Crippen MR) is 85.1 cm³/mol. The minimum Gasteiger partial charge on any atom is -0.381 e. The number of thiazole rings is 1. The average Bonchev–Trinajstić information content (AvgIpc) is 3.11. The SMILES string of the molecule is CCN(Cc1cccs1)S(=O)(=O)c1c(N)nc2sccn12. The van der Waals surface area contributed by atoms with E-state index in [2.05, 4.69) is 4.98 Å². The van der Waals surface area contributed by atoms with Gasteiger partial charge in [-0.3, -0.25) is 4.40 Å². The molecule has 0 saturated heterocycles. The van der Waals surface area contributed by atoms with E-state index in [1.165, 1.54) is 31.4 Å². The minimum absolute atomic E-state index is 0.0477. The second-order valence-electron chi connectivity index (χ2n) is 4.37. The Labute approximate surface area is 130 Å². The maximum atomic E-state index is 12.9. The summed E-state index contributed by atoms with van der Waals surface area (Å²) in [6, 6.07) is 3.83. The summed E-state index contributed by atoms with van der Waals surface area (Å²) in [6.45, 7) is 2.53. The van der Waals surface area contributed by atoms with Crippen molar-refractivity contribution in [2.75, 3.05) is 12.3 Å². The molecule has 3 heterocycles. The summed E-state index contributed by atoms with van der Waals surface area (Å²) in [7, 11) is -3.69. The molecule has 0 bridgehead atoms. The number of thiophene rings is 1. The summed E-state index contributed by atoms with van der Waals surface area (Å²) in [6.07, 6.45) is 1.68. The highest BCUT2D eigenvalue weighted by molar-refractivity contribution is 7.89. The van der Waals surface area contributed by atoms with Crippen molar-refractivity contribution < 1.29 is 8.42 Å². The summed E-state index contributed by atoms with van der Waals surface area (Å²) in [4.78, 5) is 5.68. The van der Waals surface area contributed by atoms with Crippen LogP contribution >= 0.6 is 22.7 Å². The number of hydrogen-bond donors (Lipinski definition) is 1. The van der Waals surface area contributed by atoms with Crippen LogP contribution in [-0.4, -0.2) is 28.7 Å². The third-order valence-corrected chi connectivity index (χ3v) is 6.67. The van der Waals surface area contributed by atoms with Gasteiger partial charge in [-0.15, -0.1) is 22.7 Å². The van der Waals surface area contributed by atoms with Crippen LogP contribution in [0.1, 0.15) is 11.8 Å². The van der Waals surface area contributed by atoms with E-state index in [0.29, 0.717) is 18.1 Å². The molecule has 21 heavy (non-hydrogen) atoms. The van der Waals surface area contributed by atoms with Crippen molar-refractivity contribution in [3.63, 3.8) is 0 Å². The van der Waals surface area contributed by atoms with Crippen LogP contribution in [0, 0.1) is 0 Å². The first-order valence-corrected chi connectivity index (χ1v) is 9.47. The van der Waals surface area contributed by atoms with E-state index in [1.54, 1.807) is 11.6 Å². The fourth-order valence-electron chi connectivity index (χ4n) is 2.10. The Morgan fingerprint density at radius 2 is 2.19 bits per heavy atom. The normalized spacial score (nSPS) is 12.5. The van der Waals surface area contributed by atoms with Gasteiger partial charge in [-0.1, -0.05) is 13.0 Å². The van der Waals surface area contributed by atoms with Crippen molar-refractivity contribution in [3.05, 3.63) is 34.0 Å². The first-order chi connectivity index (χ1) is 10.0. The second-order valence-corrected chi connectivity index (χ2v) is 8.13. The number of anilines is 1. The lowest BCUT2D eigenvalue weighted by atomic mass is 10.4. The van der Waals surface area contributed by atoms with Gasteiger partial charge < -0.3 is 5.73 Å². The third kappa shape index (κ3) is 2.46. The van der Waals surface area contributed by atoms with Crippen molar-refractivity contribution in [3.8, 4) is 0 Å². The Kier molecular flexibility index (Phi) is 3.74. The molecule has 0 radical (unpaired) electrons.